The Morgan fingerprint density at radius 1 is 1.05 bits per heavy atom. The molecule has 1 heterocycles. The second-order valence-corrected chi connectivity index (χ2v) is 5.91. The number of aromatic hydroxyl groups is 1. The van der Waals surface area contributed by atoms with Crippen LogP contribution in [-0.2, 0) is 6.54 Å². The summed E-state index contributed by atoms with van der Waals surface area (Å²) < 4.78 is 0. The van der Waals surface area contributed by atoms with Crippen LogP contribution in [0.3, 0.4) is 0 Å². The summed E-state index contributed by atoms with van der Waals surface area (Å²) in [5.41, 5.74) is 4.36. The Morgan fingerprint density at radius 3 is 2.38 bits per heavy atom. The first kappa shape index (κ1) is 13.6. The van der Waals surface area contributed by atoms with E-state index in [1.807, 2.05) is 19.1 Å². The Balaban J connectivity index is 1.65. The minimum Gasteiger partial charge on any atom is -0.508 e. The molecule has 0 atom stereocenters. The third-order valence-corrected chi connectivity index (χ3v) is 4.01. The number of benzene rings is 2. The van der Waals surface area contributed by atoms with Crippen LogP contribution in [-0.4, -0.2) is 10.1 Å². The fourth-order valence-corrected chi connectivity index (χ4v) is 2.69. The van der Waals surface area contributed by atoms with Gasteiger partial charge in [0.25, 0.3) is 0 Å². The van der Waals surface area contributed by atoms with Crippen molar-refractivity contribution >= 4 is 17.0 Å². The van der Waals surface area contributed by atoms with E-state index in [1.54, 1.807) is 23.5 Å². The van der Waals surface area contributed by atoms with Crippen LogP contribution in [0.4, 0.5) is 5.69 Å². The standard InChI is InChI=1S/C17H16N2OS/c1-12-19-17(11-21-12)14-4-6-15(7-5-14)18-10-13-2-8-16(20)9-3-13/h2-9,11,18,20H,10H2,1H3. The lowest BCUT2D eigenvalue weighted by Crippen LogP contribution is -1.98. The molecule has 0 radical (unpaired) electrons. The van der Waals surface area contributed by atoms with E-state index >= 15 is 0 Å². The molecular weight excluding hydrogens is 280 g/mol. The number of rotatable bonds is 4. The minimum atomic E-state index is 0.293. The SMILES string of the molecule is Cc1nc(-c2ccc(NCc3ccc(O)cc3)cc2)cs1. The number of nitrogens with one attached hydrogen (secondary N) is 1. The first-order chi connectivity index (χ1) is 10.2. The second-order valence-electron chi connectivity index (χ2n) is 4.85. The summed E-state index contributed by atoms with van der Waals surface area (Å²) >= 11 is 1.66. The van der Waals surface area contributed by atoms with E-state index in [9.17, 15) is 5.11 Å². The fourth-order valence-electron chi connectivity index (χ4n) is 2.07. The molecular formula is C17H16N2OS. The van der Waals surface area contributed by atoms with Gasteiger partial charge < -0.3 is 10.4 Å². The molecule has 0 saturated heterocycles. The van der Waals surface area contributed by atoms with Crippen LogP contribution in [0.2, 0.25) is 0 Å². The zero-order chi connectivity index (χ0) is 14.7. The number of thiazole rings is 1. The Morgan fingerprint density at radius 2 is 1.76 bits per heavy atom. The van der Waals surface area contributed by atoms with Crippen molar-refractivity contribution in [3.63, 3.8) is 0 Å². The summed E-state index contributed by atoms with van der Waals surface area (Å²) in [6.45, 7) is 2.75. The van der Waals surface area contributed by atoms with Crippen molar-refractivity contribution in [3.8, 4) is 17.0 Å². The van der Waals surface area contributed by atoms with Gasteiger partial charge in [-0.3, -0.25) is 0 Å². The zero-order valence-corrected chi connectivity index (χ0v) is 12.5. The quantitative estimate of drug-likeness (QED) is 0.748. The molecule has 0 unspecified atom stereocenters. The van der Waals surface area contributed by atoms with Crippen molar-refractivity contribution in [1.82, 2.24) is 4.98 Å². The van der Waals surface area contributed by atoms with Crippen LogP contribution in [0.1, 0.15) is 10.6 Å². The van der Waals surface area contributed by atoms with Crippen LogP contribution in [0, 0.1) is 6.92 Å². The average molecular weight is 296 g/mol. The van der Waals surface area contributed by atoms with Gasteiger partial charge >= 0.3 is 0 Å². The molecule has 1 aromatic heterocycles. The van der Waals surface area contributed by atoms with E-state index < -0.39 is 0 Å². The molecule has 2 N–H and O–H groups in total. The van der Waals surface area contributed by atoms with Gasteiger partial charge in [0, 0.05) is 23.2 Å². The van der Waals surface area contributed by atoms with Gasteiger partial charge in [-0.15, -0.1) is 11.3 Å². The van der Waals surface area contributed by atoms with Gasteiger partial charge in [-0.1, -0.05) is 24.3 Å². The summed E-state index contributed by atoms with van der Waals surface area (Å²) in [6.07, 6.45) is 0. The van der Waals surface area contributed by atoms with Crippen molar-refractivity contribution in [1.29, 1.82) is 0 Å². The number of aromatic nitrogens is 1. The highest BCUT2D eigenvalue weighted by atomic mass is 32.1. The summed E-state index contributed by atoms with van der Waals surface area (Å²) in [7, 11) is 0. The molecule has 3 rings (SSSR count). The van der Waals surface area contributed by atoms with E-state index in [1.165, 1.54) is 0 Å². The zero-order valence-electron chi connectivity index (χ0n) is 11.7. The third-order valence-electron chi connectivity index (χ3n) is 3.23. The predicted octanol–water partition coefficient (Wildman–Crippen LogP) is 4.44. The lowest BCUT2D eigenvalue weighted by Gasteiger charge is -2.07. The van der Waals surface area contributed by atoms with Gasteiger partial charge in [0.1, 0.15) is 5.75 Å². The maximum atomic E-state index is 9.26. The average Bonchev–Trinajstić information content (AvgIpc) is 2.94. The number of phenols is 1. The van der Waals surface area contributed by atoms with Crippen molar-refractivity contribution in [2.45, 2.75) is 13.5 Å². The maximum absolute atomic E-state index is 9.26. The Kier molecular flexibility index (Phi) is 3.88. The third kappa shape index (κ3) is 3.41. The molecule has 2 aromatic carbocycles. The highest BCUT2D eigenvalue weighted by Crippen LogP contribution is 2.23. The maximum Gasteiger partial charge on any atom is 0.115 e. The number of phenolic OH excluding ortho intramolecular Hbond substituents is 1. The fraction of sp³-hybridized carbons (Fsp3) is 0.118. The molecule has 3 aromatic rings. The Labute approximate surface area is 127 Å². The molecule has 0 spiro atoms. The summed E-state index contributed by atoms with van der Waals surface area (Å²) in [5, 5.41) is 15.8. The highest BCUT2D eigenvalue weighted by molar-refractivity contribution is 7.09. The van der Waals surface area contributed by atoms with Crippen molar-refractivity contribution < 1.29 is 5.11 Å². The van der Waals surface area contributed by atoms with Gasteiger partial charge in [-0.2, -0.15) is 0 Å². The van der Waals surface area contributed by atoms with Gasteiger partial charge in [-0.05, 0) is 36.8 Å². The molecule has 0 fully saturated rings. The molecule has 106 valence electrons. The van der Waals surface area contributed by atoms with Gasteiger partial charge in [0.15, 0.2) is 0 Å². The molecule has 3 nitrogen and oxygen atoms in total. The summed E-state index contributed by atoms with van der Waals surface area (Å²) in [5.74, 6) is 0.293. The first-order valence-corrected chi connectivity index (χ1v) is 7.63. The van der Waals surface area contributed by atoms with Crippen LogP contribution < -0.4 is 5.32 Å². The summed E-state index contributed by atoms with van der Waals surface area (Å²) in [6, 6.07) is 15.5. The van der Waals surface area contributed by atoms with Gasteiger partial charge in [0.2, 0.25) is 0 Å². The van der Waals surface area contributed by atoms with Crippen molar-refractivity contribution in [3.05, 3.63) is 64.5 Å². The first-order valence-electron chi connectivity index (χ1n) is 6.75. The highest BCUT2D eigenvalue weighted by Gasteiger charge is 2.02. The second kappa shape index (κ2) is 5.97. The molecule has 21 heavy (non-hydrogen) atoms. The van der Waals surface area contributed by atoms with E-state index in [0.717, 1.165) is 34.1 Å². The normalized spacial score (nSPS) is 10.5. The predicted molar refractivity (Wildman–Crippen MR) is 87.7 cm³/mol. The topological polar surface area (TPSA) is 45.2 Å². The van der Waals surface area contributed by atoms with Gasteiger partial charge in [-0.25, -0.2) is 4.98 Å². The van der Waals surface area contributed by atoms with Crippen LogP contribution >= 0.6 is 11.3 Å². The van der Waals surface area contributed by atoms with E-state index in [-0.39, 0.29) is 0 Å². The minimum absolute atomic E-state index is 0.293. The molecule has 0 aliphatic heterocycles. The monoisotopic (exact) mass is 296 g/mol. The van der Waals surface area contributed by atoms with E-state index in [2.05, 4.69) is 39.9 Å². The largest absolute Gasteiger partial charge is 0.508 e. The molecule has 0 saturated carbocycles. The molecule has 0 aliphatic carbocycles. The molecule has 0 amide bonds. The van der Waals surface area contributed by atoms with Crippen LogP contribution in [0.25, 0.3) is 11.3 Å². The lowest BCUT2D eigenvalue weighted by atomic mass is 10.1. The number of aryl methyl sites for hydroxylation is 1. The van der Waals surface area contributed by atoms with Crippen molar-refractivity contribution in [2.75, 3.05) is 5.32 Å². The number of nitrogens with zero attached hydrogens (tertiary/aromatic N) is 1. The summed E-state index contributed by atoms with van der Waals surface area (Å²) in [4.78, 5) is 4.49. The van der Waals surface area contributed by atoms with Crippen molar-refractivity contribution in [2.24, 2.45) is 0 Å². The van der Waals surface area contributed by atoms with E-state index in [4.69, 9.17) is 0 Å². The van der Waals surface area contributed by atoms with Crippen LogP contribution in [0.5, 0.6) is 5.75 Å². The smallest absolute Gasteiger partial charge is 0.115 e. The number of anilines is 1. The molecule has 0 bridgehead atoms. The van der Waals surface area contributed by atoms with Gasteiger partial charge in [0.05, 0.1) is 10.7 Å². The van der Waals surface area contributed by atoms with E-state index in [0.29, 0.717) is 5.75 Å². The number of hydrogen-bond donors (Lipinski definition) is 2. The Bertz CT molecular complexity index is 717. The Hall–Kier alpha value is -2.33. The molecule has 0 aliphatic rings. The number of hydrogen-bond acceptors (Lipinski definition) is 4. The van der Waals surface area contributed by atoms with Crippen LogP contribution in [0.15, 0.2) is 53.9 Å². The lowest BCUT2D eigenvalue weighted by molar-refractivity contribution is 0.475. The molecule has 4 heteroatoms.